The highest BCUT2D eigenvalue weighted by Gasteiger charge is 2.49. The van der Waals surface area contributed by atoms with Crippen molar-refractivity contribution in [3.05, 3.63) is 59.4 Å². The Morgan fingerprint density at radius 2 is 1.83 bits per heavy atom. The van der Waals surface area contributed by atoms with Gasteiger partial charge in [0.05, 0.1) is 23.0 Å². The number of aromatic hydroxyl groups is 1. The van der Waals surface area contributed by atoms with Crippen molar-refractivity contribution in [2.45, 2.75) is 63.2 Å². The van der Waals surface area contributed by atoms with Crippen molar-refractivity contribution in [3.8, 4) is 17.0 Å². The lowest BCUT2D eigenvalue weighted by atomic mass is 9.91. The number of piperazine rings is 2. The van der Waals surface area contributed by atoms with E-state index in [-0.39, 0.29) is 55.0 Å². The Kier molecular flexibility index (Phi) is 11.3. The molecule has 17 heteroatoms. The van der Waals surface area contributed by atoms with Crippen molar-refractivity contribution in [2.24, 2.45) is 5.92 Å². The van der Waals surface area contributed by atoms with Crippen LogP contribution in [-0.2, 0) is 16.1 Å². The van der Waals surface area contributed by atoms with Crippen LogP contribution in [0.25, 0.3) is 11.3 Å². The van der Waals surface area contributed by atoms with Gasteiger partial charge < -0.3 is 45.0 Å². The number of anilines is 3. The number of phenolic OH excluding ortho intramolecular Hbond substituents is 1. The predicted molar refractivity (Wildman–Crippen MR) is 222 cm³/mol. The summed E-state index contributed by atoms with van der Waals surface area (Å²) in [4.78, 5) is 63.3. The summed E-state index contributed by atoms with van der Waals surface area (Å²) in [6.45, 7) is 9.61. The third kappa shape index (κ3) is 7.67. The number of hydrogen-bond donors (Lipinski definition) is 3. The molecule has 320 valence electrons. The summed E-state index contributed by atoms with van der Waals surface area (Å²) >= 11 is 0. The zero-order valence-electron chi connectivity index (χ0n) is 34.5. The number of alkyl halides is 1. The minimum Gasteiger partial charge on any atom is -0.504 e. The van der Waals surface area contributed by atoms with E-state index in [0.29, 0.717) is 55.7 Å². The van der Waals surface area contributed by atoms with E-state index in [2.05, 4.69) is 50.5 Å². The molecule has 6 heterocycles. The number of benzene rings is 2. The van der Waals surface area contributed by atoms with Gasteiger partial charge >= 0.3 is 6.03 Å². The first-order valence-corrected chi connectivity index (χ1v) is 20.9. The molecule has 0 spiro atoms. The highest BCUT2D eigenvalue weighted by Crippen LogP contribution is 2.41. The van der Waals surface area contributed by atoms with Gasteiger partial charge in [-0.2, -0.15) is 0 Å². The molecule has 0 radical (unpaired) electrons. The summed E-state index contributed by atoms with van der Waals surface area (Å²) in [5, 5.41) is 24.6. The van der Waals surface area contributed by atoms with E-state index < -0.39 is 35.4 Å². The van der Waals surface area contributed by atoms with Gasteiger partial charge in [-0.05, 0) is 74.9 Å². The smallest absolute Gasteiger partial charge is 0.320 e. The number of carbonyl (C=O) groups excluding carboxylic acids is 4. The molecule has 0 bridgehead atoms. The number of phenols is 1. The normalized spacial score (nSPS) is 22.1. The van der Waals surface area contributed by atoms with Gasteiger partial charge in [0.25, 0.3) is 5.91 Å². The molecule has 15 nitrogen and oxygen atoms in total. The van der Waals surface area contributed by atoms with Crippen LogP contribution in [0.1, 0.15) is 55.5 Å². The topological polar surface area (TPSA) is 158 Å². The molecule has 3 fully saturated rings. The van der Waals surface area contributed by atoms with E-state index in [1.165, 1.54) is 6.07 Å². The molecule has 0 aliphatic carbocycles. The van der Waals surface area contributed by atoms with E-state index in [1.54, 1.807) is 29.0 Å². The Morgan fingerprint density at radius 3 is 2.57 bits per heavy atom. The Balaban J connectivity index is 0.849. The molecular weight excluding hydrogens is 775 g/mol. The molecule has 3 aromatic rings. The zero-order chi connectivity index (χ0) is 42.3. The highest BCUT2D eigenvalue weighted by atomic mass is 19.1. The maximum atomic E-state index is 15.2. The number of amides is 4. The lowest BCUT2D eigenvalue weighted by molar-refractivity contribution is -0.121. The number of urea groups is 1. The van der Waals surface area contributed by atoms with Crippen LogP contribution in [0, 0.1) is 11.7 Å². The van der Waals surface area contributed by atoms with Crippen LogP contribution in [0.15, 0.2) is 42.5 Å². The molecule has 1 aromatic heterocycles. The van der Waals surface area contributed by atoms with E-state index >= 15 is 4.39 Å². The Morgan fingerprint density at radius 1 is 1.03 bits per heavy atom. The minimum absolute atomic E-state index is 0.106. The third-order valence-corrected chi connectivity index (χ3v) is 13.2. The van der Waals surface area contributed by atoms with Crippen molar-refractivity contribution < 1.29 is 33.1 Å². The van der Waals surface area contributed by atoms with Gasteiger partial charge in [-0.25, -0.2) is 13.6 Å². The van der Waals surface area contributed by atoms with Gasteiger partial charge in [-0.1, -0.05) is 12.1 Å². The summed E-state index contributed by atoms with van der Waals surface area (Å²) in [6.07, 6.45) is 3.20. The SMILES string of the molecule is CNC(=O)CCC(C=O)N1Cc2ccc(N3CCC(CN4CCN(C(=O)N5CCN6c7cc(-c8cccc(F)c8O)nnc7NCC6(CF)C5)C(C)(C)C4)CC3)cc2C1=O. The Bertz CT molecular complexity index is 2150. The number of nitrogens with zero attached hydrogens (tertiary/aromatic N) is 8. The summed E-state index contributed by atoms with van der Waals surface area (Å²) < 4.78 is 29.4. The maximum absolute atomic E-state index is 15.2. The van der Waals surface area contributed by atoms with E-state index in [0.717, 1.165) is 62.6 Å². The van der Waals surface area contributed by atoms with Gasteiger partial charge in [0.2, 0.25) is 5.91 Å². The molecule has 0 saturated carbocycles. The monoisotopic (exact) mass is 828 g/mol. The van der Waals surface area contributed by atoms with Gasteiger partial charge in [0, 0.05) is 102 Å². The van der Waals surface area contributed by atoms with Crippen molar-refractivity contribution >= 4 is 41.3 Å². The van der Waals surface area contributed by atoms with Crippen LogP contribution in [-0.4, -0.2) is 155 Å². The lowest BCUT2D eigenvalue weighted by Crippen LogP contribution is -2.72. The fourth-order valence-electron chi connectivity index (χ4n) is 9.80. The van der Waals surface area contributed by atoms with Crippen LogP contribution in [0.2, 0.25) is 0 Å². The first-order chi connectivity index (χ1) is 28.8. The number of fused-ring (bicyclic) bond motifs is 4. The zero-order valence-corrected chi connectivity index (χ0v) is 34.5. The van der Waals surface area contributed by atoms with Gasteiger partial charge in [0.15, 0.2) is 17.4 Å². The highest BCUT2D eigenvalue weighted by molar-refractivity contribution is 6.00. The molecule has 5 aliphatic rings. The second kappa shape index (κ2) is 16.5. The number of nitrogens with one attached hydrogen (secondary N) is 2. The van der Waals surface area contributed by atoms with Gasteiger partial charge in [-0.15, -0.1) is 10.2 Å². The van der Waals surface area contributed by atoms with E-state index in [1.807, 2.05) is 21.9 Å². The molecule has 2 atom stereocenters. The van der Waals surface area contributed by atoms with Crippen LogP contribution in [0.5, 0.6) is 5.75 Å². The second-order valence-electron chi connectivity index (χ2n) is 17.5. The van der Waals surface area contributed by atoms with E-state index in [9.17, 15) is 28.7 Å². The fourth-order valence-corrected chi connectivity index (χ4v) is 9.80. The number of hydrogen-bond acceptors (Lipinski definition) is 11. The molecule has 8 rings (SSSR count). The van der Waals surface area contributed by atoms with Crippen molar-refractivity contribution in [2.75, 3.05) is 94.3 Å². The number of para-hydroxylation sites is 1. The first kappa shape index (κ1) is 41.2. The standard InChI is InChI=1S/C43H54F2N10O5/c1-42(2)26-50(21-28-11-13-51(14-12-28)30-8-7-29-22-53(40(59)33(29)19-30)31(23-56)9-10-37(57)46-3)15-17-55(42)41(60)52-16-18-54-36-20-35(32-5-4-6-34(45)38(32)58)48-49-39(36)47-25-43(54,24-44)27-52/h4-8,19-20,23,28,31,58H,9-18,21-22,24-27H2,1-3H3,(H,46,57)(H,47,49). The number of aldehydes is 1. The van der Waals surface area contributed by atoms with Gasteiger partial charge in [0.1, 0.15) is 18.5 Å². The summed E-state index contributed by atoms with van der Waals surface area (Å²) in [5.41, 5.74) is 2.04. The number of carbonyl (C=O) groups is 4. The van der Waals surface area contributed by atoms with Crippen LogP contribution in [0.4, 0.5) is 30.8 Å². The quantitative estimate of drug-likeness (QED) is 0.256. The largest absolute Gasteiger partial charge is 0.504 e. The van der Waals surface area contributed by atoms with Crippen molar-refractivity contribution in [1.82, 2.24) is 35.1 Å². The average Bonchev–Trinajstić information content (AvgIpc) is 3.58. The summed E-state index contributed by atoms with van der Waals surface area (Å²) in [5.74, 6) is -0.691. The molecule has 5 aliphatic heterocycles. The first-order valence-electron chi connectivity index (χ1n) is 20.9. The van der Waals surface area contributed by atoms with E-state index in [4.69, 9.17) is 0 Å². The molecular formula is C43H54F2N10O5. The van der Waals surface area contributed by atoms with Crippen LogP contribution in [0.3, 0.4) is 0 Å². The molecule has 3 saturated heterocycles. The Labute approximate surface area is 348 Å². The molecule has 4 amide bonds. The number of piperidine rings is 1. The van der Waals surface area contributed by atoms with Crippen molar-refractivity contribution in [3.63, 3.8) is 0 Å². The fraction of sp³-hybridized carbons (Fsp3) is 0.535. The predicted octanol–water partition coefficient (Wildman–Crippen LogP) is 3.73. The number of aromatic nitrogens is 2. The second-order valence-corrected chi connectivity index (χ2v) is 17.5. The molecule has 2 unspecified atom stereocenters. The number of halogens is 2. The van der Waals surface area contributed by atoms with Gasteiger partial charge in [-0.3, -0.25) is 14.5 Å². The molecule has 60 heavy (non-hydrogen) atoms. The summed E-state index contributed by atoms with van der Waals surface area (Å²) in [7, 11) is 1.55. The number of rotatable bonds is 10. The van der Waals surface area contributed by atoms with Crippen LogP contribution < -0.4 is 20.4 Å². The van der Waals surface area contributed by atoms with Crippen LogP contribution >= 0.6 is 0 Å². The third-order valence-electron chi connectivity index (χ3n) is 13.2. The summed E-state index contributed by atoms with van der Waals surface area (Å²) in [6, 6.07) is 11.1. The maximum Gasteiger partial charge on any atom is 0.320 e. The average molecular weight is 829 g/mol. The Hall–Kier alpha value is -5.58. The lowest BCUT2D eigenvalue weighted by Gasteiger charge is -2.55. The molecule has 2 aromatic carbocycles. The molecule has 3 N–H and O–H groups in total. The van der Waals surface area contributed by atoms with Crippen molar-refractivity contribution in [1.29, 1.82) is 0 Å². The minimum atomic E-state index is -1.05.